The number of hydrogen-bond donors (Lipinski definition) is 0. The molecule has 0 unspecified atom stereocenters. The predicted octanol–water partition coefficient (Wildman–Crippen LogP) is 11.3. The Morgan fingerprint density at radius 1 is 0.480 bits per heavy atom. The van der Waals surface area contributed by atoms with Gasteiger partial charge in [-0.2, -0.15) is 20.4 Å². The van der Waals surface area contributed by atoms with Crippen LogP contribution in [0.2, 0.25) is 10.0 Å². The Labute approximate surface area is 295 Å². The van der Waals surface area contributed by atoms with Gasteiger partial charge in [-0.1, -0.05) is 47.5 Å². The molecule has 0 amide bonds. The normalized spacial score (nSPS) is 10.9. The molecule has 0 radical (unpaired) electrons. The van der Waals surface area contributed by atoms with Gasteiger partial charge in [0, 0.05) is 56.6 Å². The third kappa shape index (κ3) is 7.61. The van der Waals surface area contributed by atoms with Crippen molar-refractivity contribution in [3.05, 3.63) is 135 Å². The Morgan fingerprint density at radius 3 is 1.14 bits per heavy atom. The third-order valence-corrected chi connectivity index (χ3v) is 8.25. The molecule has 5 nitrogen and oxygen atoms in total. The van der Waals surface area contributed by atoms with Gasteiger partial charge in [0.05, 0.1) is 40.5 Å². The van der Waals surface area contributed by atoms with Crippen molar-refractivity contribution in [1.82, 2.24) is 20.4 Å². The van der Waals surface area contributed by atoms with Gasteiger partial charge in [-0.25, -0.2) is 22.0 Å². The second kappa shape index (κ2) is 15.3. The van der Waals surface area contributed by atoms with Crippen molar-refractivity contribution in [3.63, 3.8) is 0 Å². The zero-order valence-electron chi connectivity index (χ0n) is 27.5. The van der Waals surface area contributed by atoms with E-state index in [4.69, 9.17) is 27.9 Å². The molecular formula is C38H29Cl2F5N4O. The van der Waals surface area contributed by atoms with Gasteiger partial charge in [0.15, 0.2) is 0 Å². The summed E-state index contributed by atoms with van der Waals surface area (Å²) in [5.74, 6) is -4.22. The van der Waals surface area contributed by atoms with E-state index in [-0.39, 0.29) is 22.4 Å². The van der Waals surface area contributed by atoms with E-state index in [1.807, 2.05) is 0 Å². The standard InChI is InChI=1S/C20H17ClF2N2O.C18H12ClF3N2/c1-4-26-15-9-16(22)20(17(23)10-15)19-12(3)25-24-11(2)18(19)13-5-7-14(21)8-6-13;1-9-16(11-3-5-12(19)6-4-11)17(10(2)24-23-9)18-14(21)7-13(20)8-15(18)22/h5-10H,4H2,1-3H3;3-8H,1-2H3. The molecule has 0 aliphatic rings. The smallest absolute Gasteiger partial charge is 0.137 e. The molecule has 4 aromatic carbocycles. The summed E-state index contributed by atoms with van der Waals surface area (Å²) in [7, 11) is 0. The molecular weight excluding hydrogens is 694 g/mol. The Kier molecular flexibility index (Phi) is 11.1. The summed E-state index contributed by atoms with van der Waals surface area (Å²) in [6.07, 6.45) is 0. The number of halogens is 7. The summed E-state index contributed by atoms with van der Waals surface area (Å²) < 4.78 is 76.7. The van der Waals surface area contributed by atoms with Gasteiger partial charge in [-0.15, -0.1) is 0 Å². The molecule has 0 atom stereocenters. The molecule has 256 valence electrons. The lowest BCUT2D eigenvalue weighted by Gasteiger charge is -2.16. The van der Waals surface area contributed by atoms with Crippen LogP contribution in [0.1, 0.15) is 29.7 Å². The lowest BCUT2D eigenvalue weighted by molar-refractivity contribution is 0.336. The van der Waals surface area contributed by atoms with Crippen molar-refractivity contribution in [2.45, 2.75) is 34.6 Å². The average Bonchev–Trinajstić information content (AvgIpc) is 3.05. The van der Waals surface area contributed by atoms with Crippen LogP contribution < -0.4 is 4.74 Å². The van der Waals surface area contributed by atoms with E-state index in [1.165, 1.54) is 12.1 Å². The highest BCUT2D eigenvalue weighted by Crippen LogP contribution is 2.41. The first kappa shape index (κ1) is 36.4. The van der Waals surface area contributed by atoms with Gasteiger partial charge in [0.1, 0.15) is 34.8 Å². The summed E-state index contributed by atoms with van der Waals surface area (Å²) >= 11 is 11.9. The molecule has 0 spiro atoms. The maximum Gasteiger partial charge on any atom is 0.137 e. The minimum absolute atomic E-state index is 0.145. The highest BCUT2D eigenvalue weighted by molar-refractivity contribution is 6.31. The van der Waals surface area contributed by atoms with Crippen molar-refractivity contribution < 1.29 is 26.7 Å². The average molecular weight is 724 g/mol. The van der Waals surface area contributed by atoms with Crippen LogP contribution in [-0.4, -0.2) is 27.0 Å². The lowest BCUT2D eigenvalue weighted by Crippen LogP contribution is -2.03. The lowest BCUT2D eigenvalue weighted by atomic mass is 9.92. The number of hydrogen-bond acceptors (Lipinski definition) is 5. The fourth-order valence-corrected chi connectivity index (χ4v) is 5.85. The quantitative estimate of drug-likeness (QED) is 0.160. The van der Waals surface area contributed by atoms with Gasteiger partial charge in [-0.05, 0) is 70.0 Å². The van der Waals surface area contributed by atoms with Crippen LogP contribution in [-0.2, 0) is 0 Å². The van der Waals surface area contributed by atoms with Crippen molar-refractivity contribution in [1.29, 1.82) is 0 Å². The summed E-state index contributed by atoms with van der Waals surface area (Å²) in [4.78, 5) is 0. The fourth-order valence-electron chi connectivity index (χ4n) is 5.59. The van der Waals surface area contributed by atoms with Crippen LogP contribution in [0, 0.1) is 56.8 Å². The van der Waals surface area contributed by atoms with Gasteiger partial charge < -0.3 is 4.74 Å². The maximum absolute atomic E-state index is 14.8. The minimum Gasteiger partial charge on any atom is -0.494 e. The fraction of sp³-hybridized carbons (Fsp3) is 0.158. The highest BCUT2D eigenvalue weighted by Gasteiger charge is 2.24. The molecule has 0 bridgehead atoms. The molecule has 2 aromatic heterocycles. The monoisotopic (exact) mass is 722 g/mol. The Morgan fingerprint density at radius 2 is 0.800 bits per heavy atom. The molecule has 6 aromatic rings. The second-order valence-corrected chi connectivity index (χ2v) is 12.1. The predicted molar refractivity (Wildman–Crippen MR) is 186 cm³/mol. The number of nitrogens with zero attached hydrogens (tertiary/aromatic N) is 4. The molecule has 0 aliphatic heterocycles. The molecule has 50 heavy (non-hydrogen) atoms. The number of benzene rings is 4. The summed E-state index contributed by atoms with van der Waals surface area (Å²) in [6.45, 7) is 8.80. The minimum atomic E-state index is -0.988. The van der Waals surface area contributed by atoms with Gasteiger partial charge >= 0.3 is 0 Å². The van der Waals surface area contributed by atoms with Gasteiger partial charge in [0.2, 0.25) is 0 Å². The highest BCUT2D eigenvalue weighted by atomic mass is 35.5. The molecule has 12 heteroatoms. The number of aromatic nitrogens is 4. The number of ether oxygens (including phenoxy) is 1. The van der Waals surface area contributed by atoms with Crippen LogP contribution in [0.15, 0.2) is 72.8 Å². The van der Waals surface area contributed by atoms with Crippen LogP contribution in [0.25, 0.3) is 44.5 Å². The van der Waals surface area contributed by atoms with E-state index < -0.39 is 29.1 Å². The van der Waals surface area contributed by atoms with Gasteiger partial charge in [-0.3, -0.25) is 0 Å². The molecule has 0 fully saturated rings. The van der Waals surface area contributed by atoms with Crippen molar-refractivity contribution in [2.24, 2.45) is 0 Å². The summed E-state index contributed by atoms with van der Waals surface area (Å²) in [5, 5.41) is 17.3. The topological polar surface area (TPSA) is 60.8 Å². The van der Waals surface area contributed by atoms with E-state index in [0.29, 0.717) is 73.8 Å². The second-order valence-electron chi connectivity index (χ2n) is 11.2. The van der Waals surface area contributed by atoms with E-state index in [1.54, 1.807) is 83.1 Å². The molecule has 0 saturated heterocycles. The first-order valence-corrected chi connectivity index (χ1v) is 16.0. The molecule has 2 heterocycles. The van der Waals surface area contributed by atoms with Crippen LogP contribution >= 0.6 is 23.2 Å². The SMILES string of the molecule is CCOc1cc(F)c(-c2c(C)nnc(C)c2-c2ccc(Cl)cc2)c(F)c1.Cc1nnc(C)c(-c2c(F)cc(F)cc2F)c1-c1ccc(Cl)cc1. The summed E-state index contributed by atoms with van der Waals surface area (Å²) in [6, 6.07) is 17.5. The van der Waals surface area contributed by atoms with Crippen LogP contribution in [0.5, 0.6) is 5.75 Å². The molecule has 0 aliphatic carbocycles. The zero-order valence-corrected chi connectivity index (χ0v) is 29.0. The van der Waals surface area contributed by atoms with Crippen molar-refractivity contribution in [3.8, 4) is 50.3 Å². The Hall–Kier alpha value is -4.93. The van der Waals surface area contributed by atoms with Crippen molar-refractivity contribution >= 4 is 23.2 Å². The molecule has 6 rings (SSSR count). The maximum atomic E-state index is 14.8. The van der Waals surface area contributed by atoms with Crippen LogP contribution in [0.4, 0.5) is 22.0 Å². The molecule has 0 N–H and O–H groups in total. The first-order chi connectivity index (χ1) is 23.8. The number of rotatable bonds is 6. The van der Waals surface area contributed by atoms with Crippen LogP contribution in [0.3, 0.4) is 0 Å². The van der Waals surface area contributed by atoms with E-state index in [2.05, 4.69) is 20.4 Å². The number of aryl methyl sites for hydroxylation is 4. The van der Waals surface area contributed by atoms with E-state index in [0.717, 1.165) is 5.56 Å². The third-order valence-electron chi connectivity index (χ3n) is 7.75. The van der Waals surface area contributed by atoms with Crippen molar-refractivity contribution in [2.75, 3.05) is 6.61 Å². The first-order valence-electron chi connectivity index (χ1n) is 15.3. The van der Waals surface area contributed by atoms with E-state index in [9.17, 15) is 22.0 Å². The molecule has 0 saturated carbocycles. The van der Waals surface area contributed by atoms with E-state index >= 15 is 0 Å². The Bertz CT molecular complexity index is 2150. The zero-order chi connectivity index (χ0) is 36.3. The Balaban J connectivity index is 0.000000195. The van der Waals surface area contributed by atoms with Gasteiger partial charge in [0.25, 0.3) is 0 Å². The summed E-state index contributed by atoms with van der Waals surface area (Å²) in [5.41, 5.74) is 4.60. The largest absolute Gasteiger partial charge is 0.494 e.